The van der Waals surface area contributed by atoms with Gasteiger partial charge in [0.1, 0.15) is 18.3 Å². The number of carbonyl (C=O) groups is 3. The van der Waals surface area contributed by atoms with Crippen LogP contribution in [0, 0.1) is 13.8 Å². The van der Waals surface area contributed by atoms with Crippen molar-refractivity contribution in [3.8, 4) is 0 Å². The number of hydrogen-bond acceptors (Lipinski definition) is 8. The lowest BCUT2D eigenvalue weighted by molar-refractivity contribution is -0.294. The average molecular weight is 574 g/mol. The third-order valence-electron chi connectivity index (χ3n) is 7.15. The second-order valence-electron chi connectivity index (χ2n) is 10.1. The van der Waals surface area contributed by atoms with Gasteiger partial charge in [-0.25, -0.2) is 4.79 Å². The van der Waals surface area contributed by atoms with Crippen molar-refractivity contribution in [1.29, 1.82) is 0 Å². The Kier molecular flexibility index (Phi) is 9.40. The van der Waals surface area contributed by atoms with Crippen LogP contribution < -0.4 is 0 Å². The largest absolute Gasteiger partial charge is 0.479 e. The van der Waals surface area contributed by atoms with Gasteiger partial charge in [0.25, 0.3) is 0 Å². The molecule has 0 radical (unpaired) electrons. The summed E-state index contributed by atoms with van der Waals surface area (Å²) in [5.74, 6) is -1.97. The van der Waals surface area contributed by atoms with Gasteiger partial charge >= 0.3 is 5.97 Å². The minimum absolute atomic E-state index is 0.00885. The van der Waals surface area contributed by atoms with Crippen molar-refractivity contribution in [3.05, 3.63) is 74.8 Å². The van der Waals surface area contributed by atoms with E-state index in [1.165, 1.54) is 4.90 Å². The molecule has 0 saturated carbocycles. The molecule has 1 heterocycles. The number of aliphatic hydroxyl groups is 3. The normalized spacial score (nSPS) is 24.3. The summed E-state index contributed by atoms with van der Waals surface area (Å²) < 4.78 is 10.7. The number of carboxylic acids is 1. The Morgan fingerprint density at radius 1 is 1.10 bits per heavy atom. The molecule has 0 unspecified atom stereocenters. The third-order valence-corrected chi connectivity index (χ3v) is 7.52. The van der Waals surface area contributed by atoms with Gasteiger partial charge in [0, 0.05) is 30.1 Å². The van der Waals surface area contributed by atoms with Gasteiger partial charge < -0.3 is 34.8 Å². The van der Waals surface area contributed by atoms with Gasteiger partial charge in [0.05, 0.1) is 13.0 Å². The lowest BCUT2D eigenvalue weighted by Crippen LogP contribution is -2.60. The summed E-state index contributed by atoms with van der Waals surface area (Å²) in [7, 11) is 0. The van der Waals surface area contributed by atoms with Gasteiger partial charge in [-0.2, -0.15) is 0 Å². The van der Waals surface area contributed by atoms with Crippen LogP contribution in [0.2, 0.25) is 5.02 Å². The number of carbonyl (C=O) groups excluding carboxylic acids is 2. The van der Waals surface area contributed by atoms with E-state index in [1.54, 1.807) is 30.3 Å². The van der Waals surface area contributed by atoms with Crippen molar-refractivity contribution in [2.75, 3.05) is 19.7 Å². The zero-order valence-electron chi connectivity index (χ0n) is 22.1. The first-order valence-electron chi connectivity index (χ1n) is 12.9. The highest BCUT2D eigenvalue weighted by Crippen LogP contribution is 2.27. The topological polar surface area (TPSA) is 154 Å². The number of aliphatic hydroxyl groups excluding tert-OH is 3. The summed E-state index contributed by atoms with van der Waals surface area (Å²) in [4.78, 5) is 39.3. The minimum atomic E-state index is -1.85. The number of ketones is 1. The molecule has 2 aliphatic rings. The zero-order valence-corrected chi connectivity index (χ0v) is 22.9. The minimum Gasteiger partial charge on any atom is -0.479 e. The summed E-state index contributed by atoms with van der Waals surface area (Å²) in [6.45, 7) is 3.66. The van der Waals surface area contributed by atoms with E-state index in [9.17, 15) is 34.8 Å². The van der Waals surface area contributed by atoms with Crippen LogP contribution in [0.1, 0.15) is 27.8 Å². The third kappa shape index (κ3) is 6.60. The first kappa shape index (κ1) is 29.9. The van der Waals surface area contributed by atoms with Crippen molar-refractivity contribution < 1.29 is 44.3 Å². The molecular formula is C29H32ClNO9. The van der Waals surface area contributed by atoms with E-state index >= 15 is 0 Å². The standard InChI is InChI=1S/C29H32ClNO9/c1-15-9-16(2)20-13-22(32)19(11-18(20)10-15)14-31(23(33)12-17-5-3-4-6-21(17)30)7-8-39-29-26(36)24(34)25(35)27(40-29)28(37)38/h3-6,9-11,24-27,29,34-36H,7-8,12-14H2,1-2H3,(H,37,38)/t24-,25-,26+,27-,29+/m0/s1. The van der Waals surface area contributed by atoms with Gasteiger partial charge in [0.2, 0.25) is 5.91 Å². The van der Waals surface area contributed by atoms with Crippen LogP contribution in [0.5, 0.6) is 0 Å². The van der Waals surface area contributed by atoms with E-state index in [-0.39, 0.29) is 44.2 Å². The van der Waals surface area contributed by atoms with Gasteiger partial charge in [-0.1, -0.05) is 47.5 Å². The van der Waals surface area contributed by atoms with Crippen LogP contribution in [-0.4, -0.2) is 93.4 Å². The highest BCUT2D eigenvalue weighted by Gasteiger charge is 2.47. The first-order valence-corrected chi connectivity index (χ1v) is 13.2. The fraction of sp³-hybridized carbons (Fsp3) is 0.414. The molecule has 0 bridgehead atoms. The molecule has 0 aromatic heterocycles. The summed E-state index contributed by atoms with van der Waals surface area (Å²) in [6, 6.07) is 10.9. The van der Waals surface area contributed by atoms with Gasteiger partial charge in [-0.05, 0) is 48.2 Å². The number of benzene rings is 2. The molecule has 1 amide bonds. The maximum Gasteiger partial charge on any atom is 0.335 e. The lowest BCUT2D eigenvalue weighted by atomic mass is 9.87. The van der Waals surface area contributed by atoms with Crippen LogP contribution >= 0.6 is 11.6 Å². The number of ether oxygens (including phenoxy) is 2. The second-order valence-corrected chi connectivity index (χ2v) is 10.5. The smallest absolute Gasteiger partial charge is 0.335 e. The molecular weight excluding hydrogens is 542 g/mol. The van der Waals surface area contributed by atoms with E-state index < -0.39 is 36.7 Å². The maximum atomic E-state index is 13.4. The highest BCUT2D eigenvalue weighted by molar-refractivity contribution is 6.31. The summed E-state index contributed by atoms with van der Waals surface area (Å²) in [5, 5.41) is 39.8. The Morgan fingerprint density at radius 2 is 1.82 bits per heavy atom. The second kappa shape index (κ2) is 12.6. The molecule has 40 heavy (non-hydrogen) atoms. The van der Waals surface area contributed by atoms with Gasteiger partial charge in [0.15, 0.2) is 18.2 Å². The first-order chi connectivity index (χ1) is 19.0. The molecule has 214 valence electrons. The van der Waals surface area contributed by atoms with E-state index in [0.717, 1.165) is 22.3 Å². The van der Waals surface area contributed by atoms with E-state index in [1.807, 2.05) is 26.0 Å². The van der Waals surface area contributed by atoms with Crippen molar-refractivity contribution in [2.24, 2.45) is 0 Å². The number of rotatable bonds is 9. The fourth-order valence-corrected chi connectivity index (χ4v) is 5.16. The van der Waals surface area contributed by atoms with Crippen LogP contribution in [0.3, 0.4) is 0 Å². The van der Waals surface area contributed by atoms with Crippen molar-refractivity contribution in [2.45, 2.75) is 57.4 Å². The molecule has 1 aliphatic carbocycles. The molecule has 1 saturated heterocycles. The number of fused-ring (bicyclic) bond motifs is 1. The SMILES string of the molecule is Cc1cc(C)c2c(c1)C=C(CN(CCO[C@@H]1O[C@H](C(=O)O)[C@@H](O)[C@H](O)[C@H]1O)C(=O)Cc1ccccc1Cl)C(=O)C2. The molecule has 10 nitrogen and oxygen atoms in total. The van der Waals surface area contributed by atoms with Gasteiger partial charge in [-0.15, -0.1) is 0 Å². The number of nitrogens with zero attached hydrogens (tertiary/aromatic N) is 1. The molecule has 2 aromatic carbocycles. The fourth-order valence-electron chi connectivity index (χ4n) is 4.96. The lowest BCUT2D eigenvalue weighted by Gasteiger charge is -2.38. The highest BCUT2D eigenvalue weighted by atomic mass is 35.5. The molecule has 5 atom stereocenters. The van der Waals surface area contributed by atoms with Crippen molar-refractivity contribution >= 4 is 35.3 Å². The Balaban J connectivity index is 1.53. The molecule has 4 N–H and O–H groups in total. The Hall–Kier alpha value is -3.12. The predicted octanol–water partition coefficient (Wildman–Crippen LogP) is 1.45. The molecule has 1 fully saturated rings. The van der Waals surface area contributed by atoms with Crippen LogP contribution in [0.15, 0.2) is 42.0 Å². The van der Waals surface area contributed by atoms with Crippen molar-refractivity contribution in [1.82, 2.24) is 4.90 Å². The van der Waals surface area contributed by atoms with Crippen LogP contribution in [-0.2, 0) is 36.7 Å². The predicted molar refractivity (Wildman–Crippen MR) is 145 cm³/mol. The van der Waals surface area contributed by atoms with Crippen LogP contribution in [0.4, 0.5) is 0 Å². The Labute approximate surface area is 236 Å². The Bertz CT molecular complexity index is 1330. The Morgan fingerprint density at radius 3 is 2.52 bits per heavy atom. The van der Waals surface area contributed by atoms with Crippen LogP contribution in [0.25, 0.3) is 6.08 Å². The molecule has 4 rings (SSSR count). The molecule has 1 aliphatic heterocycles. The quantitative estimate of drug-likeness (QED) is 0.349. The number of aryl methyl sites for hydroxylation is 2. The summed E-state index contributed by atoms with van der Waals surface area (Å²) >= 11 is 6.26. The number of aliphatic carboxylic acids is 1. The van der Waals surface area contributed by atoms with E-state index in [4.69, 9.17) is 21.1 Å². The monoisotopic (exact) mass is 573 g/mol. The van der Waals surface area contributed by atoms with Gasteiger partial charge in [-0.3, -0.25) is 9.59 Å². The number of carboxylic acid groups (broad SMARTS) is 1. The molecule has 0 spiro atoms. The molecule has 2 aromatic rings. The number of hydrogen-bond donors (Lipinski definition) is 4. The number of amides is 1. The zero-order chi connectivity index (χ0) is 29.1. The number of Topliss-reactive ketones (excluding diaryl/α,β-unsaturated/α-hetero) is 1. The summed E-state index contributed by atoms with van der Waals surface area (Å²) in [5.41, 5.74) is 5.01. The van der Waals surface area contributed by atoms with E-state index in [0.29, 0.717) is 16.2 Å². The number of halogens is 1. The molecule has 11 heteroatoms. The summed E-state index contributed by atoms with van der Waals surface area (Å²) in [6.07, 6.45) is -6.77. The average Bonchev–Trinajstić information content (AvgIpc) is 2.89. The van der Waals surface area contributed by atoms with Crippen molar-refractivity contribution in [3.63, 3.8) is 0 Å². The van der Waals surface area contributed by atoms with E-state index in [2.05, 4.69) is 0 Å². The maximum absolute atomic E-state index is 13.4.